The topological polar surface area (TPSA) is 111 Å². The van der Waals surface area contributed by atoms with Gasteiger partial charge in [0, 0.05) is 40.5 Å². The SMILES string of the molecule is COCc1c(C(=O)NNC(=O)c2cccc([N+](=O)[O-])c2)sc2cccc(F)c12. The Morgan fingerprint density at radius 2 is 1.89 bits per heavy atom. The van der Waals surface area contributed by atoms with Gasteiger partial charge in [-0.2, -0.15) is 0 Å². The number of nitro benzene ring substituents is 1. The van der Waals surface area contributed by atoms with E-state index in [-0.39, 0.29) is 22.7 Å². The minimum Gasteiger partial charge on any atom is -0.380 e. The molecule has 1 aromatic heterocycles. The van der Waals surface area contributed by atoms with Crippen LogP contribution in [0.5, 0.6) is 0 Å². The van der Waals surface area contributed by atoms with Gasteiger partial charge in [-0.3, -0.25) is 30.6 Å². The summed E-state index contributed by atoms with van der Waals surface area (Å²) in [6.45, 7) is 0.0164. The minimum absolute atomic E-state index is 0.00833. The Morgan fingerprint density at radius 3 is 2.61 bits per heavy atom. The van der Waals surface area contributed by atoms with Crippen molar-refractivity contribution in [1.29, 1.82) is 0 Å². The number of hydrazine groups is 1. The number of amides is 2. The van der Waals surface area contributed by atoms with Crippen LogP contribution in [0.25, 0.3) is 10.1 Å². The maximum absolute atomic E-state index is 14.2. The van der Waals surface area contributed by atoms with Crippen molar-refractivity contribution in [3.63, 3.8) is 0 Å². The van der Waals surface area contributed by atoms with Crippen LogP contribution in [-0.4, -0.2) is 23.8 Å². The van der Waals surface area contributed by atoms with Crippen LogP contribution in [0.1, 0.15) is 25.6 Å². The predicted molar refractivity (Wildman–Crippen MR) is 101 cm³/mol. The van der Waals surface area contributed by atoms with Crippen molar-refractivity contribution in [3.8, 4) is 0 Å². The Hall–Kier alpha value is -3.37. The molecular weight excluding hydrogens is 389 g/mol. The number of ether oxygens (including phenoxy) is 1. The second-order valence-corrected chi connectivity index (χ2v) is 6.72. The molecular formula is C18H14FN3O5S. The van der Waals surface area contributed by atoms with E-state index < -0.39 is 22.6 Å². The van der Waals surface area contributed by atoms with Crippen LogP contribution in [0.4, 0.5) is 10.1 Å². The Balaban J connectivity index is 1.81. The molecule has 28 heavy (non-hydrogen) atoms. The number of hydrogen-bond acceptors (Lipinski definition) is 6. The summed E-state index contributed by atoms with van der Waals surface area (Å²) < 4.78 is 19.8. The van der Waals surface area contributed by atoms with E-state index in [1.807, 2.05) is 0 Å². The smallest absolute Gasteiger partial charge is 0.280 e. The van der Waals surface area contributed by atoms with Crippen molar-refractivity contribution in [3.05, 3.63) is 74.4 Å². The summed E-state index contributed by atoms with van der Waals surface area (Å²) in [5.41, 5.74) is 4.59. The van der Waals surface area contributed by atoms with Gasteiger partial charge in [0.1, 0.15) is 10.7 Å². The van der Waals surface area contributed by atoms with E-state index in [1.54, 1.807) is 6.07 Å². The normalized spacial score (nSPS) is 10.6. The van der Waals surface area contributed by atoms with E-state index >= 15 is 0 Å². The zero-order valence-corrected chi connectivity index (χ0v) is 15.3. The first-order valence-corrected chi connectivity index (χ1v) is 8.78. The highest BCUT2D eigenvalue weighted by molar-refractivity contribution is 7.21. The summed E-state index contributed by atoms with van der Waals surface area (Å²) in [5, 5.41) is 11.1. The summed E-state index contributed by atoms with van der Waals surface area (Å²) in [5.74, 6) is -1.84. The number of carbonyl (C=O) groups is 2. The summed E-state index contributed by atoms with van der Waals surface area (Å²) >= 11 is 1.07. The first-order chi connectivity index (χ1) is 13.4. The third kappa shape index (κ3) is 3.82. The van der Waals surface area contributed by atoms with Crippen molar-refractivity contribution in [2.24, 2.45) is 0 Å². The van der Waals surface area contributed by atoms with Gasteiger partial charge in [0.25, 0.3) is 17.5 Å². The molecule has 2 amide bonds. The third-order valence-electron chi connectivity index (χ3n) is 3.87. The first kappa shape index (κ1) is 19.4. The molecule has 0 radical (unpaired) electrons. The van der Waals surface area contributed by atoms with E-state index in [0.29, 0.717) is 15.6 Å². The van der Waals surface area contributed by atoms with Crippen LogP contribution in [0, 0.1) is 15.9 Å². The predicted octanol–water partition coefficient (Wildman–Crippen LogP) is 3.17. The van der Waals surface area contributed by atoms with Crippen LogP contribution in [-0.2, 0) is 11.3 Å². The number of fused-ring (bicyclic) bond motifs is 1. The van der Waals surface area contributed by atoms with E-state index in [4.69, 9.17) is 4.74 Å². The standard InChI is InChI=1S/C18H14FN3O5S/c1-27-9-12-15-13(19)6-3-7-14(15)28-16(12)18(24)21-20-17(23)10-4-2-5-11(8-10)22(25)26/h2-8H,9H2,1H3,(H,20,23)(H,21,24). The van der Waals surface area contributed by atoms with Gasteiger partial charge in [-0.1, -0.05) is 12.1 Å². The van der Waals surface area contributed by atoms with Gasteiger partial charge in [0.05, 0.1) is 11.5 Å². The third-order valence-corrected chi connectivity index (χ3v) is 5.06. The van der Waals surface area contributed by atoms with E-state index in [9.17, 15) is 24.1 Å². The van der Waals surface area contributed by atoms with Gasteiger partial charge in [0.15, 0.2) is 0 Å². The lowest BCUT2D eigenvalue weighted by Gasteiger charge is -2.08. The van der Waals surface area contributed by atoms with Crippen LogP contribution in [0.15, 0.2) is 42.5 Å². The number of hydrogen-bond donors (Lipinski definition) is 2. The minimum atomic E-state index is -0.724. The second kappa shape index (κ2) is 8.11. The maximum atomic E-state index is 14.2. The highest BCUT2D eigenvalue weighted by Crippen LogP contribution is 2.33. The molecule has 3 aromatic rings. The fraction of sp³-hybridized carbons (Fsp3) is 0.111. The molecule has 0 fully saturated rings. The first-order valence-electron chi connectivity index (χ1n) is 7.96. The molecule has 0 bridgehead atoms. The summed E-state index contributed by atoms with van der Waals surface area (Å²) in [4.78, 5) is 35.1. The van der Waals surface area contributed by atoms with Gasteiger partial charge in [-0.25, -0.2) is 4.39 Å². The van der Waals surface area contributed by atoms with Crippen molar-refractivity contribution in [2.75, 3.05) is 7.11 Å². The fourth-order valence-electron chi connectivity index (χ4n) is 2.64. The number of nitrogens with one attached hydrogen (secondary N) is 2. The number of benzene rings is 2. The Bertz CT molecular complexity index is 1080. The van der Waals surface area contributed by atoms with Crippen LogP contribution < -0.4 is 10.9 Å². The fourth-order valence-corrected chi connectivity index (χ4v) is 3.75. The average Bonchev–Trinajstić information content (AvgIpc) is 3.06. The number of halogens is 1. The molecule has 1 heterocycles. The Kier molecular flexibility index (Phi) is 5.62. The number of nitro groups is 1. The van der Waals surface area contributed by atoms with Crippen molar-refractivity contribution in [2.45, 2.75) is 6.61 Å². The van der Waals surface area contributed by atoms with Crippen LogP contribution >= 0.6 is 11.3 Å². The summed E-state index contributed by atoms with van der Waals surface area (Å²) in [7, 11) is 1.43. The van der Waals surface area contributed by atoms with E-state index in [1.165, 1.54) is 37.4 Å². The Morgan fingerprint density at radius 1 is 1.18 bits per heavy atom. The summed E-state index contributed by atoms with van der Waals surface area (Å²) in [6, 6.07) is 9.59. The van der Waals surface area contributed by atoms with Gasteiger partial charge >= 0.3 is 0 Å². The molecule has 0 aliphatic heterocycles. The number of carbonyl (C=O) groups excluding carboxylic acids is 2. The lowest BCUT2D eigenvalue weighted by atomic mass is 10.1. The number of nitrogens with zero attached hydrogens (tertiary/aromatic N) is 1. The highest BCUT2D eigenvalue weighted by atomic mass is 32.1. The average molecular weight is 403 g/mol. The largest absolute Gasteiger partial charge is 0.380 e. The molecule has 144 valence electrons. The molecule has 0 spiro atoms. The highest BCUT2D eigenvalue weighted by Gasteiger charge is 2.21. The molecule has 2 N–H and O–H groups in total. The quantitative estimate of drug-likeness (QED) is 0.502. The monoisotopic (exact) mass is 403 g/mol. The lowest BCUT2D eigenvalue weighted by molar-refractivity contribution is -0.384. The zero-order chi connectivity index (χ0) is 20.3. The molecule has 2 aromatic carbocycles. The van der Waals surface area contributed by atoms with E-state index in [2.05, 4.69) is 10.9 Å². The number of non-ortho nitro benzene ring substituents is 1. The molecule has 8 nitrogen and oxygen atoms in total. The lowest BCUT2D eigenvalue weighted by Crippen LogP contribution is -2.41. The Labute approximate surface area is 162 Å². The molecule has 0 saturated heterocycles. The molecule has 0 atom stereocenters. The van der Waals surface area contributed by atoms with Crippen molar-refractivity contribution < 1.29 is 23.6 Å². The van der Waals surface area contributed by atoms with Gasteiger partial charge in [0.2, 0.25) is 0 Å². The molecule has 0 unspecified atom stereocenters. The summed E-state index contributed by atoms with van der Waals surface area (Å²) in [6.07, 6.45) is 0. The second-order valence-electron chi connectivity index (χ2n) is 5.67. The van der Waals surface area contributed by atoms with Gasteiger partial charge < -0.3 is 4.74 Å². The molecule has 0 aliphatic rings. The number of rotatable bonds is 5. The van der Waals surface area contributed by atoms with Crippen LogP contribution in [0.2, 0.25) is 0 Å². The van der Waals surface area contributed by atoms with Gasteiger partial charge in [-0.15, -0.1) is 11.3 Å². The molecule has 0 aliphatic carbocycles. The van der Waals surface area contributed by atoms with Crippen molar-refractivity contribution in [1.82, 2.24) is 10.9 Å². The van der Waals surface area contributed by atoms with E-state index in [0.717, 1.165) is 17.4 Å². The molecule has 10 heteroatoms. The number of thiophene rings is 1. The zero-order valence-electron chi connectivity index (χ0n) is 14.5. The van der Waals surface area contributed by atoms with Crippen molar-refractivity contribution >= 4 is 38.9 Å². The molecule has 0 saturated carbocycles. The van der Waals surface area contributed by atoms with Gasteiger partial charge in [-0.05, 0) is 18.2 Å². The molecule has 3 rings (SSSR count). The van der Waals surface area contributed by atoms with Crippen LogP contribution in [0.3, 0.4) is 0 Å². The maximum Gasteiger partial charge on any atom is 0.280 e. The number of methoxy groups -OCH3 is 1.